The number of carboxylic acid groups (broad SMARTS) is 1. The van der Waals surface area contributed by atoms with Crippen LogP contribution in [0.3, 0.4) is 0 Å². The third-order valence-electron chi connectivity index (χ3n) is 6.96. The van der Waals surface area contributed by atoms with Crippen molar-refractivity contribution in [2.45, 2.75) is 36.1 Å². The SMILES string of the molecule is CCCCn1c2ccccc2c2cc(N3c4ccccc4Sc4cc(/C=C(/C#N)C(=O)O)ccc43)ccc21. The molecular formula is C32H25N3O2S. The molecule has 0 spiro atoms. The molecule has 1 aliphatic rings. The van der Waals surface area contributed by atoms with Crippen molar-refractivity contribution < 1.29 is 9.90 Å². The normalized spacial score (nSPS) is 12.8. The van der Waals surface area contributed by atoms with Crippen molar-refractivity contribution in [2.75, 3.05) is 4.90 Å². The Labute approximate surface area is 225 Å². The molecule has 0 saturated carbocycles. The number of carbonyl (C=O) groups is 1. The first-order chi connectivity index (χ1) is 18.6. The fourth-order valence-corrected chi connectivity index (χ4v) is 6.29. The first-order valence-corrected chi connectivity index (χ1v) is 13.5. The van der Waals surface area contributed by atoms with Gasteiger partial charge in [-0.2, -0.15) is 5.26 Å². The zero-order valence-electron chi connectivity index (χ0n) is 20.9. The van der Waals surface area contributed by atoms with Gasteiger partial charge >= 0.3 is 5.97 Å². The van der Waals surface area contributed by atoms with Gasteiger partial charge in [0.2, 0.25) is 0 Å². The van der Waals surface area contributed by atoms with Gasteiger partial charge < -0.3 is 14.6 Å². The van der Waals surface area contributed by atoms with Crippen molar-refractivity contribution in [3.8, 4) is 6.07 Å². The summed E-state index contributed by atoms with van der Waals surface area (Å²) in [7, 11) is 0. The molecule has 1 aromatic heterocycles. The second-order valence-electron chi connectivity index (χ2n) is 9.33. The number of unbranched alkanes of at least 4 members (excludes halogenated alkanes) is 1. The van der Waals surface area contributed by atoms with E-state index in [2.05, 4.69) is 77.1 Å². The average molecular weight is 516 g/mol. The van der Waals surface area contributed by atoms with E-state index in [0.29, 0.717) is 5.56 Å². The van der Waals surface area contributed by atoms with E-state index in [9.17, 15) is 15.2 Å². The topological polar surface area (TPSA) is 69.3 Å². The fraction of sp³-hybridized carbons (Fsp3) is 0.125. The van der Waals surface area contributed by atoms with E-state index in [1.54, 1.807) is 17.8 Å². The zero-order chi connectivity index (χ0) is 26.2. The van der Waals surface area contributed by atoms with Crippen LogP contribution in [0.15, 0.2) is 100 Å². The quantitative estimate of drug-likeness (QED) is 0.178. The van der Waals surface area contributed by atoms with Crippen LogP contribution in [-0.4, -0.2) is 15.6 Å². The lowest BCUT2D eigenvalue weighted by Gasteiger charge is -2.33. The maximum Gasteiger partial charge on any atom is 0.346 e. The molecule has 1 N–H and O–H groups in total. The van der Waals surface area contributed by atoms with E-state index in [1.807, 2.05) is 24.3 Å². The number of aryl methyl sites for hydroxylation is 1. The average Bonchev–Trinajstić information content (AvgIpc) is 3.26. The number of nitriles is 1. The maximum absolute atomic E-state index is 11.4. The highest BCUT2D eigenvalue weighted by Gasteiger charge is 2.25. The lowest BCUT2D eigenvalue weighted by molar-refractivity contribution is -0.132. The van der Waals surface area contributed by atoms with Gasteiger partial charge in [-0.05, 0) is 66.6 Å². The molecule has 6 heteroatoms. The number of benzene rings is 4. The molecule has 0 radical (unpaired) electrons. The number of hydrogen-bond acceptors (Lipinski definition) is 4. The molecule has 0 unspecified atom stereocenters. The van der Waals surface area contributed by atoms with Crippen molar-refractivity contribution >= 4 is 62.7 Å². The highest BCUT2D eigenvalue weighted by atomic mass is 32.2. The molecule has 0 aliphatic carbocycles. The molecular weight excluding hydrogens is 490 g/mol. The van der Waals surface area contributed by atoms with E-state index in [0.717, 1.165) is 46.2 Å². The van der Waals surface area contributed by atoms with Crippen LogP contribution in [-0.2, 0) is 11.3 Å². The Morgan fingerprint density at radius 3 is 2.50 bits per heavy atom. The summed E-state index contributed by atoms with van der Waals surface area (Å²) in [6, 6.07) is 31.2. The van der Waals surface area contributed by atoms with Crippen LogP contribution in [0.25, 0.3) is 27.9 Å². The molecule has 4 aromatic carbocycles. The maximum atomic E-state index is 11.4. The third-order valence-corrected chi connectivity index (χ3v) is 8.07. The van der Waals surface area contributed by atoms with Crippen molar-refractivity contribution in [2.24, 2.45) is 0 Å². The minimum atomic E-state index is -1.23. The van der Waals surface area contributed by atoms with E-state index in [-0.39, 0.29) is 5.57 Å². The van der Waals surface area contributed by atoms with Crippen LogP contribution in [0.1, 0.15) is 25.3 Å². The molecule has 186 valence electrons. The second-order valence-corrected chi connectivity index (χ2v) is 10.4. The minimum absolute atomic E-state index is 0.284. The molecule has 1 aliphatic heterocycles. The van der Waals surface area contributed by atoms with Gasteiger partial charge in [0.25, 0.3) is 0 Å². The predicted molar refractivity (Wildman–Crippen MR) is 154 cm³/mol. The van der Waals surface area contributed by atoms with Crippen molar-refractivity contribution in [1.29, 1.82) is 5.26 Å². The van der Waals surface area contributed by atoms with Crippen molar-refractivity contribution in [1.82, 2.24) is 4.57 Å². The summed E-state index contributed by atoms with van der Waals surface area (Å²) in [4.78, 5) is 15.8. The fourth-order valence-electron chi connectivity index (χ4n) is 5.19. The Balaban J connectivity index is 1.53. The molecule has 5 aromatic rings. The van der Waals surface area contributed by atoms with E-state index in [1.165, 1.54) is 27.9 Å². The van der Waals surface area contributed by atoms with Crippen molar-refractivity contribution in [3.05, 3.63) is 96.1 Å². The van der Waals surface area contributed by atoms with Crippen LogP contribution in [0.2, 0.25) is 0 Å². The van der Waals surface area contributed by atoms with Crippen LogP contribution in [0.4, 0.5) is 17.1 Å². The zero-order valence-corrected chi connectivity index (χ0v) is 21.7. The highest BCUT2D eigenvalue weighted by Crippen LogP contribution is 2.52. The van der Waals surface area contributed by atoms with E-state index >= 15 is 0 Å². The Bertz CT molecular complexity index is 1790. The summed E-state index contributed by atoms with van der Waals surface area (Å²) in [6.45, 7) is 3.21. The van der Waals surface area contributed by atoms with E-state index < -0.39 is 5.97 Å². The van der Waals surface area contributed by atoms with Crippen LogP contribution < -0.4 is 4.90 Å². The van der Waals surface area contributed by atoms with Gasteiger partial charge in [-0.3, -0.25) is 0 Å². The molecule has 5 nitrogen and oxygen atoms in total. The van der Waals surface area contributed by atoms with Crippen LogP contribution in [0, 0.1) is 11.3 Å². The predicted octanol–water partition coefficient (Wildman–Crippen LogP) is 8.52. The van der Waals surface area contributed by atoms with Gasteiger partial charge in [-0.25, -0.2) is 4.79 Å². The number of nitrogens with zero attached hydrogens (tertiary/aromatic N) is 3. The molecule has 6 rings (SSSR count). The van der Waals surface area contributed by atoms with Crippen LogP contribution in [0.5, 0.6) is 0 Å². The number of aliphatic carboxylic acids is 1. The number of aromatic nitrogens is 1. The first-order valence-electron chi connectivity index (χ1n) is 12.7. The minimum Gasteiger partial charge on any atom is -0.477 e. The number of anilines is 3. The number of hydrogen-bond donors (Lipinski definition) is 1. The lowest BCUT2D eigenvalue weighted by Crippen LogP contribution is -2.14. The number of carboxylic acids is 1. The van der Waals surface area contributed by atoms with Gasteiger partial charge in [0.15, 0.2) is 0 Å². The Kier molecular flexibility index (Phi) is 6.15. The molecule has 0 bridgehead atoms. The van der Waals surface area contributed by atoms with Gasteiger partial charge in [-0.1, -0.05) is 61.5 Å². The Morgan fingerprint density at radius 1 is 0.921 bits per heavy atom. The standard InChI is InChI=1S/C32H25N3O2S/c1-2-3-16-34-26-9-5-4-8-24(26)25-19-23(13-15-27(25)34)35-28-10-6-7-11-30(28)38-31-18-21(12-14-29(31)35)17-22(20-33)32(36)37/h4-15,17-19H,2-3,16H2,1H3,(H,36,37)/b22-17-. The number of rotatable bonds is 6. The Hall–Kier alpha value is -4.47. The largest absolute Gasteiger partial charge is 0.477 e. The summed E-state index contributed by atoms with van der Waals surface area (Å²) >= 11 is 1.65. The summed E-state index contributed by atoms with van der Waals surface area (Å²) in [5.41, 5.74) is 6.08. The lowest BCUT2D eigenvalue weighted by atomic mass is 10.1. The van der Waals surface area contributed by atoms with Crippen LogP contribution >= 0.6 is 11.8 Å². The summed E-state index contributed by atoms with van der Waals surface area (Å²) < 4.78 is 2.43. The summed E-state index contributed by atoms with van der Waals surface area (Å²) in [5, 5.41) is 21.0. The smallest absolute Gasteiger partial charge is 0.346 e. The summed E-state index contributed by atoms with van der Waals surface area (Å²) in [5.74, 6) is -1.23. The molecule has 0 saturated heterocycles. The summed E-state index contributed by atoms with van der Waals surface area (Å²) in [6.07, 6.45) is 3.70. The Morgan fingerprint density at radius 2 is 1.68 bits per heavy atom. The second kappa shape index (κ2) is 9.77. The molecule has 38 heavy (non-hydrogen) atoms. The first kappa shape index (κ1) is 23.9. The van der Waals surface area contributed by atoms with Gasteiger partial charge in [-0.15, -0.1) is 0 Å². The molecule has 0 amide bonds. The molecule has 0 atom stereocenters. The van der Waals surface area contributed by atoms with Gasteiger partial charge in [0, 0.05) is 43.8 Å². The molecule has 2 heterocycles. The number of fused-ring (bicyclic) bond motifs is 5. The highest BCUT2D eigenvalue weighted by molar-refractivity contribution is 7.99. The molecule has 0 fully saturated rings. The van der Waals surface area contributed by atoms with Crippen molar-refractivity contribution in [3.63, 3.8) is 0 Å². The van der Waals surface area contributed by atoms with Gasteiger partial charge in [0.05, 0.1) is 11.4 Å². The number of para-hydroxylation sites is 2. The van der Waals surface area contributed by atoms with Gasteiger partial charge in [0.1, 0.15) is 11.6 Å². The third kappa shape index (κ3) is 4.02. The van der Waals surface area contributed by atoms with E-state index in [4.69, 9.17) is 0 Å². The monoisotopic (exact) mass is 515 g/mol.